The van der Waals surface area contributed by atoms with E-state index in [0.29, 0.717) is 24.8 Å². The van der Waals surface area contributed by atoms with Gasteiger partial charge in [0.1, 0.15) is 11.3 Å². The fourth-order valence-electron chi connectivity index (χ4n) is 4.16. The minimum Gasteiger partial charge on any atom is -0.384 e. The van der Waals surface area contributed by atoms with Crippen molar-refractivity contribution in [3.05, 3.63) is 46.5 Å². The summed E-state index contributed by atoms with van der Waals surface area (Å²) in [5.41, 5.74) is 3.42. The van der Waals surface area contributed by atoms with Crippen LogP contribution in [0, 0.1) is 0 Å². The highest BCUT2D eigenvalue weighted by Gasteiger charge is 2.38. The standard InChI is InChI=1S/C21H29N5O2/c1-12-8-17-16(10-22-12)19-20(27)25(11-13(2)26(19)24-17)14(3)15-6-7-18(23-9-15)21(4,5)28/h6-7,9,12-14,22,28H,8,10-11H2,1-5H3/t12-,13-,14-/m1/s1. The van der Waals surface area contributed by atoms with Crippen LogP contribution in [0.4, 0.5) is 0 Å². The summed E-state index contributed by atoms with van der Waals surface area (Å²) in [6.45, 7) is 11.0. The SMILES string of the molecule is C[C@@H]1Cc2nn3c(c2CN1)C(=O)N([C@H](C)c1ccc(C(C)(C)O)nc1)C[C@H]3C. The summed E-state index contributed by atoms with van der Waals surface area (Å²) in [6, 6.07) is 4.19. The van der Waals surface area contributed by atoms with Crippen LogP contribution in [0.1, 0.15) is 79.7 Å². The van der Waals surface area contributed by atoms with Gasteiger partial charge in [0.25, 0.3) is 5.91 Å². The molecule has 150 valence electrons. The maximum atomic E-state index is 13.4. The van der Waals surface area contributed by atoms with Gasteiger partial charge < -0.3 is 15.3 Å². The van der Waals surface area contributed by atoms with Crippen molar-refractivity contribution in [1.82, 2.24) is 25.0 Å². The molecule has 0 saturated heterocycles. The topological polar surface area (TPSA) is 83.3 Å². The van der Waals surface area contributed by atoms with Crippen molar-refractivity contribution in [1.29, 1.82) is 0 Å². The first kappa shape index (κ1) is 19.1. The molecule has 0 aromatic carbocycles. The number of nitrogens with one attached hydrogen (secondary N) is 1. The second kappa shape index (κ2) is 6.67. The zero-order valence-corrected chi connectivity index (χ0v) is 17.2. The van der Waals surface area contributed by atoms with E-state index in [4.69, 9.17) is 5.10 Å². The van der Waals surface area contributed by atoms with Crippen molar-refractivity contribution in [3.63, 3.8) is 0 Å². The van der Waals surface area contributed by atoms with Gasteiger partial charge >= 0.3 is 0 Å². The molecule has 4 heterocycles. The molecule has 2 aromatic heterocycles. The lowest BCUT2D eigenvalue weighted by Gasteiger charge is -2.36. The van der Waals surface area contributed by atoms with Gasteiger partial charge in [0.05, 0.1) is 23.5 Å². The van der Waals surface area contributed by atoms with Crippen molar-refractivity contribution in [3.8, 4) is 0 Å². The van der Waals surface area contributed by atoms with E-state index in [-0.39, 0.29) is 18.0 Å². The molecule has 7 heteroatoms. The van der Waals surface area contributed by atoms with Crippen LogP contribution in [0.15, 0.2) is 18.3 Å². The summed E-state index contributed by atoms with van der Waals surface area (Å²) in [4.78, 5) is 19.7. The number of fused-ring (bicyclic) bond motifs is 3. The van der Waals surface area contributed by atoms with Crippen molar-refractivity contribution < 1.29 is 9.90 Å². The predicted octanol–water partition coefficient (Wildman–Crippen LogP) is 2.32. The van der Waals surface area contributed by atoms with Crippen LogP contribution in [0.5, 0.6) is 0 Å². The third kappa shape index (κ3) is 3.12. The molecule has 0 unspecified atom stereocenters. The Bertz CT molecular complexity index is 897. The van der Waals surface area contributed by atoms with Crippen LogP contribution < -0.4 is 5.32 Å². The van der Waals surface area contributed by atoms with Crippen LogP contribution in [-0.4, -0.2) is 43.3 Å². The molecule has 0 bridgehead atoms. The number of aliphatic hydroxyl groups is 1. The Morgan fingerprint density at radius 2 is 2.07 bits per heavy atom. The second-order valence-corrected chi connectivity index (χ2v) is 8.72. The highest BCUT2D eigenvalue weighted by molar-refractivity contribution is 5.95. The highest BCUT2D eigenvalue weighted by Crippen LogP contribution is 2.33. The minimum atomic E-state index is -0.979. The van der Waals surface area contributed by atoms with Gasteiger partial charge in [-0.15, -0.1) is 0 Å². The van der Waals surface area contributed by atoms with E-state index in [0.717, 1.165) is 28.9 Å². The third-order valence-corrected chi connectivity index (χ3v) is 5.92. The first-order chi connectivity index (χ1) is 13.2. The summed E-state index contributed by atoms with van der Waals surface area (Å²) >= 11 is 0. The van der Waals surface area contributed by atoms with Crippen LogP contribution in [0.3, 0.4) is 0 Å². The molecule has 3 atom stereocenters. The molecule has 0 radical (unpaired) electrons. The van der Waals surface area contributed by atoms with Crippen LogP contribution >= 0.6 is 0 Å². The molecule has 0 spiro atoms. The number of aromatic nitrogens is 3. The number of carbonyl (C=O) groups excluding carboxylic acids is 1. The van der Waals surface area contributed by atoms with Crippen molar-refractivity contribution >= 4 is 5.91 Å². The van der Waals surface area contributed by atoms with Gasteiger partial charge in [0.15, 0.2) is 0 Å². The molecular formula is C21H29N5O2. The molecule has 2 N–H and O–H groups in total. The first-order valence-corrected chi connectivity index (χ1v) is 10.00. The van der Waals surface area contributed by atoms with Crippen molar-refractivity contribution in [2.45, 2.75) is 71.3 Å². The maximum Gasteiger partial charge on any atom is 0.273 e. The molecule has 2 aliphatic rings. The van der Waals surface area contributed by atoms with Gasteiger partial charge in [-0.25, -0.2) is 0 Å². The fraction of sp³-hybridized carbons (Fsp3) is 0.571. The van der Waals surface area contributed by atoms with E-state index >= 15 is 0 Å². The molecule has 28 heavy (non-hydrogen) atoms. The second-order valence-electron chi connectivity index (χ2n) is 8.72. The van der Waals surface area contributed by atoms with Gasteiger partial charge in [-0.3, -0.25) is 14.5 Å². The van der Waals surface area contributed by atoms with Crippen molar-refractivity contribution in [2.75, 3.05) is 6.54 Å². The Balaban J connectivity index is 1.64. The number of hydrogen-bond donors (Lipinski definition) is 2. The number of rotatable bonds is 3. The summed E-state index contributed by atoms with van der Waals surface area (Å²) in [6.07, 6.45) is 2.62. The van der Waals surface area contributed by atoms with Crippen molar-refractivity contribution in [2.24, 2.45) is 0 Å². The number of nitrogens with zero attached hydrogens (tertiary/aromatic N) is 4. The van der Waals surface area contributed by atoms with Gasteiger partial charge in [-0.05, 0) is 46.2 Å². The molecule has 2 aliphatic heterocycles. The van der Waals surface area contributed by atoms with E-state index < -0.39 is 5.60 Å². The largest absolute Gasteiger partial charge is 0.384 e. The third-order valence-electron chi connectivity index (χ3n) is 5.92. The maximum absolute atomic E-state index is 13.4. The Morgan fingerprint density at radius 1 is 1.32 bits per heavy atom. The lowest BCUT2D eigenvalue weighted by Crippen LogP contribution is -2.44. The average molecular weight is 383 g/mol. The molecule has 2 aromatic rings. The minimum absolute atomic E-state index is 0.0299. The first-order valence-electron chi connectivity index (χ1n) is 10.00. The Labute approximate surface area is 165 Å². The lowest BCUT2D eigenvalue weighted by molar-refractivity contribution is 0.0582. The van der Waals surface area contributed by atoms with Crippen LogP contribution in [0.2, 0.25) is 0 Å². The van der Waals surface area contributed by atoms with Gasteiger partial charge in [0.2, 0.25) is 0 Å². The monoisotopic (exact) mass is 383 g/mol. The highest BCUT2D eigenvalue weighted by atomic mass is 16.3. The molecule has 1 amide bonds. The zero-order chi connectivity index (χ0) is 20.2. The summed E-state index contributed by atoms with van der Waals surface area (Å²) in [5, 5.41) is 18.3. The smallest absolute Gasteiger partial charge is 0.273 e. The van der Waals surface area contributed by atoms with E-state index in [1.807, 2.05) is 28.6 Å². The molecule has 4 rings (SSSR count). The number of amides is 1. The van der Waals surface area contributed by atoms with Gasteiger partial charge in [-0.1, -0.05) is 6.07 Å². The van der Waals surface area contributed by atoms with Crippen LogP contribution in [-0.2, 0) is 18.6 Å². The van der Waals surface area contributed by atoms with E-state index in [9.17, 15) is 9.90 Å². The number of pyridine rings is 1. The average Bonchev–Trinajstić information content (AvgIpc) is 3.03. The molecule has 7 nitrogen and oxygen atoms in total. The molecule has 0 fully saturated rings. The van der Waals surface area contributed by atoms with Gasteiger partial charge in [-0.2, -0.15) is 5.10 Å². The summed E-state index contributed by atoms with van der Waals surface area (Å²) in [5.74, 6) is 0.0299. The Hall–Kier alpha value is -2.25. The van der Waals surface area contributed by atoms with E-state index in [1.165, 1.54) is 0 Å². The quantitative estimate of drug-likeness (QED) is 0.850. The molecule has 0 aliphatic carbocycles. The summed E-state index contributed by atoms with van der Waals surface area (Å²) in [7, 11) is 0. The van der Waals surface area contributed by atoms with E-state index in [2.05, 4.69) is 24.1 Å². The Morgan fingerprint density at radius 3 is 2.71 bits per heavy atom. The molecule has 0 saturated carbocycles. The van der Waals surface area contributed by atoms with Gasteiger partial charge in [0, 0.05) is 37.3 Å². The van der Waals surface area contributed by atoms with Crippen LogP contribution in [0.25, 0.3) is 0 Å². The predicted molar refractivity (Wildman–Crippen MR) is 106 cm³/mol. The number of carbonyl (C=O) groups is 1. The lowest BCUT2D eigenvalue weighted by atomic mass is 9.99. The van der Waals surface area contributed by atoms with E-state index in [1.54, 1.807) is 20.0 Å². The summed E-state index contributed by atoms with van der Waals surface area (Å²) < 4.78 is 1.92. The normalized spacial score (nSPS) is 23.4. The fourth-order valence-corrected chi connectivity index (χ4v) is 4.16. The zero-order valence-electron chi connectivity index (χ0n) is 17.2. The Kier molecular flexibility index (Phi) is 4.55. The molecular weight excluding hydrogens is 354 g/mol. The number of hydrogen-bond acceptors (Lipinski definition) is 5.